The summed E-state index contributed by atoms with van der Waals surface area (Å²) in [6.07, 6.45) is -3.87. The summed E-state index contributed by atoms with van der Waals surface area (Å²) in [5, 5.41) is 9.60. The smallest absolute Gasteiger partial charge is 0.419 e. The molecule has 0 radical (unpaired) electrons. The van der Waals surface area contributed by atoms with Gasteiger partial charge < -0.3 is 14.4 Å². The quantitative estimate of drug-likeness (QED) is 0.458. The number of hydrogen-bond acceptors (Lipinski definition) is 6. The third-order valence-electron chi connectivity index (χ3n) is 5.81. The van der Waals surface area contributed by atoms with E-state index in [1.165, 1.54) is 22.8 Å². The first kappa shape index (κ1) is 22.7. The van der Waals surface area contributed by atoms with Gasteiger partial charge in [-0.05, 0) is 24.3 Å². The number of carbonyl (C=O) groups is 1. The highest BCUT2D eigenvalue weighted by Crippen LogP contribution is 2.43. The molecule has 0 spiro atoms. The Morgan fingerprint density at radius 2 is 1.91 bits per heavy atom. The van der Waals surface area contributed by atoms with Crippen molar-refractivity contribution in [2.45, 2.75) is 12.2 Å². The van der Waals surface area contributed by atoms with Crippen molar-refractivity contribution in [2.24, 2.45) is 7.05 Å². The maximum atomic E-state index is 13.4. The molecule has 2 aromatic carbocycles. The van der Waals surface area contributed by atoms with Crippen LogP contribution in [-0.2, 0) is 13.2 Å². The maximum Gasteiger partial charge on any atom is 0.419 e. The number of aryl methyl sites for hydroxylation is 1. The topological polar surface area (TPSA) is 113 Å². The summed E-state index contributed by atoms with van der Waals surface area (Å²) in [5.41, 5.74) is -3.28. The van der Waals surface area contributed by atoms with Gasteiger partial charge in [-0.15, -0.1) is 0 Å². The van der Waals surface area contributed by atoms with E-state index in [9.17, 15) is 37.5 Å². The number of rotatable bonds is 3. The Morgan fingerprint density at radius 3 is 2.60 bits per heavy atom. The minimum Gasteiger partial charge on any atom is -0.490 e. The van der Waals surface area contributed by atoms with Gasteiger partial charge in [-0.1, -0.05) is 23.5 Å². The molecule has 9 nitrogen and oxygen atoms in total. The summed E-state index contributed by atoms with van der Waals surface area (Å²) in [6, 6.07) is 6.47. The largest absolute Gasteiger partial charge is 0.490 e. The zero-order valence-electron chi connectivity index (χ0n) is 17.7. The number of aromatic carboxylic acids is 1. The number of nitrogens with zero attached hydrogens (tertiary/aromatic N) is 3. The Bertz CT molecular complexity index is 1710. The average Bonchev–Trinajstić information content (AvgIpc) is 3.33. The normalized spacial score (nSPS) is 15.3. The predicted octanol–water partition coefficient (Wildman–Crippen LogP) is 2.61. The van der Waals surface area contributed by atoms with Gasteiger partial charge in [0.25, 0.3) is 5.56 Å². The van der Waals surface area contributed by atoms with Crippen molar-refractivity contribution < 1.29 is 27.8 Å². The lowest BCUT2D eigenvalue weighted by molar-refractivity contribution is -0.138. The van der Waals surface area contributed by atoms with E-state index in [1.54, 1.807) is 13.1 Å². The van der Waals surface area contributed by atoms with Crippen molar-refractivity contribution in [2.75, 3.05) is 6.61 Å². The first-order valence-electron chi connectivity index (χ1n) is 10.0. The fourth-order valence-electron chi connectivity index (χ4n) is 4.12. The minimum atomic E-state index is -4.74. The second-order valence-corrected chi connectivity index (χ2v) is 8.80. The summed E-state index contributed by atoms with van der Waals surface area (Å²) in [6.45, 7) is -0.472. The van der Waals surface area contributed by atoms with Crippen molar-refractivity contribution in [1.29, 1.82) is 0 Å². The predicted molar refractivity (Wildman–Crippen MR) is 119 cm³/mol. The molecule has 2 aromatic heterocycles. The van der Waals surface area contributed by atoms with Crippen LogP contribution >= 0.6 is 11.3 Å². The highest BCUT2D eigenvalue weighted by atomic mass is 32.1. The summed E-state index contributed by atoms with van der Waals surface area (Å²) in [4.78, 5) is 50.0. The Morgan fingerprint density at radius 1 is 1.17 bits per heavy atom. The molecule has 1 N–H and O–H groups in total. The molecule has 180 valence electrons. The number of aromatic nitrogens is 3. The lowest BCUT2D eigenvalue weighted by Crippen LogP contribution is -2.44. The second-order valence-electron chi connectivity index (χ2n) is 7.80. The molecule has 3 heterocycles. The molecule has 4 aromatic rings. The number of para-hydroxylation sites is 1. The van der Waals surface area contributed by atoms with Gasteiger partial charge in [0.05, 0.1) is 21.5 Å². The van der Waals surface area contributed by atoms with Crippen molar-refractivity contribution in [3.05, 3.63) is 89.8 Å². The number of benzene rings is 2. The van der Waals surface area contributed by atoms with Crippen LogP contribution in [0.5, 0.6) is 5.75 Å². The van der Waals surface area contributed by atoms with Gasteiger partial charge in [0, 0.05) is 18.8 Å². The highest BCUT2D eigenvalue weighted by Gasteiger charge is 2.40. The van der Waals surface area contributed by atoms with E-state index in [0.717, 1.165) is 34.2 Å². The second kappa shape index (κ2) is 7.70. The Balaban J connectivity index is 1.76. The standard InChI is InChI=1S/C22H14F3N3O6S/c1-26-14-6-5-10(7-16(14)35-21(26)33)27-8-12(19(30)31)18(29)28(20(27)32)15-9-34-17-11(15)3-2-4-13(17)22(23,24)25/h2-8,15H,9H2,1H3,(H,30,31). The van der Waals surface area contributed by atoms with Crippen LogP contribution in [-0.4, -0.2) is 31.4 Å². The van der Waals surface area contributed by atoms with E-state index in [4.69, 9.17) is 4.74 Å². The summed E-state index contributed by atoms with van der Waals surface area (Å²) < 4.78 is 49.0. The van der Waals surface area contributed by atoms with Gasteiger partial charge in [-0.3, -0.25) is 14.2 Å². The van der Waals surface area contributed by atoms with Crippen LogP contribution in [0.1, 0.15) is 27.5 Å². The zero-order valence-corrected chi connectivity index (χ0v) is 18.5. The Labute approximate surface area is 196 Å². The van der Waals surface area contributed by atoms with Crippen LogP contribution in [0.15, 0.2) is 57.0 Å². The molecular weight excluding hydrogens is 491 g/mol. The summed E-state index contributed by atoms with van der Waals surface area (Å²) in [7, 11) is 1.57. The van der Waals surface area contributed by atoms with Crippen LogP contribution in [0, 0.1) is 0 Å². The van der Waals surface area contributed by atoms with E-state index < -0.39 is 52.9 Å². The van der Waals surface area contributed by atoms with E-state index in [0.29, 0.717) is 14.8 Å². The van der Waals surface area contributed by atoms with E-state index in [-0.39, 0.29) is 16.1 Å². The highest BCUT2D eigenvalue weighted by molar-refractivity contribution is 7.16. The molecule has 1 aliphatic rings. The van der Waals surface area contributed by atoms with Gasteiger partial charge in [0.2, 0.25) is 0 Å². The van der Waals surface area contributed by atoms with E-state index in [1.807, 2.05) is 0 Å². The molecule has 35 heavy (non-hydrogen) atoms. The fraction of sp³-hybridized carbons (Fsp3) is 0.182. The number of carboxylic acids is 1. The van der Waals surface area contributed by atoms with Crippen molar-refractivity contribution in [1.82, 2.24) is 13.7 Å². The van der Waals surface area contributed by atoms with Crippen molar-refractivity contribution in [3.8, 4) is 11.4 Å². The lowest BCUT2D eigenvalue weighted by Gasteiger charge is -2.16. The molecule has 1 unspecified atom stereocenters. The summed E-state index contributed by atoms with van der Waals surface area (Å²) >= 11 is 0.912. The molecule has 1 atom stereocenters. The lowest BCUT2D eigenvalue weighted by atomic mass is 10.0. The molecule has 0 aliphatic carbocycles. The maximum absolute atomic E-state index is 13.4. The van der Waals surface area contributed by atoms with Gasteiger partial charge in [0.1, 0.15) is 24.0 Å². The van der Waals surface area contributed by atoms with Crippen LogP contribution < -0.4 is 20.9 Å². The number of ether oxygens (including phenoxy) is 1. The van der Waals surface area contributed by atoms with E-state index in [2.05, 4.69) is 0 Å². The molecular formula is C22H14F3N3O6S. The van der Waals surface area contributed by atoms with Gasteiger partial charge in [0.15, 0.2) is 0 Å². The number of carboxylic acid groups (broad SMARTS) is 1. The van der Waals surface area contributed by atoms with Crippen LogP contribution in [0.2, 0.25) is 0 Å². The van der Waals surface area contributed by atoms with Gasteiger partial charge in [-0.25, -0.2) is 14.2 Å². The molecule has 1 aliphatic heterocycles. The molecule has 0 fully saturated rings. The van der Waals surface area contributed by atoms with Crippen LogP contribution in [0.4, 0.5) is 13.2 Å². The van der Waals surface area contributed by atoms with Crippen LogP contribution in [0.3, 0.4) is 0 Å². The number of halogens is 3. The first-order valence-corrected chi connectivity index (χ1v) is 10.8. The molecule has 0 saturated carbocycles. The number of alkyl halides is 3. The number of thiazole rings is 1. The third kappa shape index (κ3) is 3.46. The average molecular weight is 505 g/mol. The molecule has 0 saturated heterocycles. The fourth-order valence-corrected chi connectivity index (χ4v) is 5.03. The monoisotopic (exact) mass is 505 g/mol. The third-order valence-corrected chi connectivity index (χ3v) is 6.81. The van der Waals surface area contributed by atoms with Gasteiger partial charge >= 0.3 is 22.7 Å². The number of fused-ring (bicyclic) bond motifs is 2. The molecule has 5 rings (SSSR count). The molecule has 13 heteroatoms. The van der Waals surface area contributed by atoms with E-state index >= 15 is 0 Å². The van der Waals surface area contributed by atoms with Crippen molar-refractivity contribution >= 4 is 27.5 Å². The Hall–Kier alpha value is -4.13. The molecule has 0 amide bonds. The Kier molecular flexibility index (Phi) is 4.98. The summed E-state index contributed by atoms with van der Waals surface area (Å²) in [5.74, 6) is -2.13. The SMILES string of the molecule is Cn1c(=O)sc2cc(-n3cc(C(=O)O)c(=O)n(C4COc5c4cccc5C(F)(F)F)c3=O)ccc21. The zero-order chi connectivity index (χ0) is 25.2. The van der Waals surface area contributed by atoms with Gasteiger partial charge in [-0.2, -0.15) is 13.2 Å². The van der Waals surface area contributed by atoms with Crippen LogP contribution in [0.25, 0.3) is 15.9 Å². The molecule has 0 bridgehead atoms. The first-order chi connectivity index (χ1) is 16.5. The minimum absolute atomic E-state index is 0.0650. The number of hydrogen-bond donors (Lipinski definition) is 1. The van der Waals surface area contributed by atoms with Crippen molar-refractivity contribution in [3.63, 3.8) is 0 Å².